The first-order chi connectivity index (χ1) is 13.7. The van der Waals surface area contributed by atoms with E-state index in [0.717, 1.165) is 29.2 Å². The molecule has 0 radical (unpaired) electrons. The smallest absolute Gasteiger partial charge is 0.254 e. The zero-order valence-electron chi connectivity index (χ0n) is 15.1. The molecule has 5 rings (SSSR count). The van der Waals surface area contributed by atoms with E-state index in [2.05, 4.69) is 39.8 Å². The van der Waals surface area contributed by atoms with E-state index in [9.17, 15) is 9.18 Å². The number of hydrogen-bond donors (Lipinski definition) is 2. The van der Waals surface area contributed by atoms with Crippen LogP contribution in [-0.2, 0) is 0 Å². The van der Waals surface area contributed by atoms with Crippen LogP contribution in [0.25, 0.3) is 33.8 Å². The van der Waals surface area contributed by atoms with Gasteiger partial charge in [0.1, 0.15) is 5.82 Å². The second-order valence-corrected chi connectivity index (χ2v) is 7.17. The monoisotopic (exact) mass is 371 g/mol. The summed E-state index contributed by atoms with van der Waals surface area (Å²) in [7, 11) is 0. The van der Waals surface area contributed by atoms with Crippen LogP contribution in [0.4, 0.5) is 4.39 Å². The van der Waals surface area contributed by atoms with E-state index in [-0.39, 0.29) is 17.5 Å². The molecule has 0 bridgehead atoms. The lowest BCUT2D eigenvalue weighted by molar-refractivity contribution is 0.0947. The van der Waals surface area contributed by atoms with E-state index < -0.39 is 5.82 Å². The first-order valence-electron chi connectivity index (χ1n) is 9.33. The van der Waals surface area contributed by atoms with Crippen molar-refractivity contribution in [3.05, 3.63) is 77.2 Å². The molecule has 2 N–H and O–H groups in total. The van der Waals surface area contributed by atoms with Crippen LogP contribution in [0.5, 0.6) is 0 Å². The Labute approximate surface area is 161 Å². The molecular weight excluding hydrogens is 353 g/mol. The Bertz CT molecular complexity index is 1240. The fraction of sp³-hybridized carbons (Fsp3) is 0.130. The minimum absolute atomic E-state index is 0.0566. The minimum atomic E-state index is -0.542. The van der Waals surface area contributed by atoms with Gasteiger partial charge in [-0.1, -0.05) is 42.5 Å². The lowest BCUT2D eigenvalue weighted by atomic mass is 10.1. The van der Waals surface area contributed by atoms with E-state index in [1.54, 1.807) is 6.07 Å². The Hall–Kier alpha value is -3.47. The van der Waals surface area contributed by atoms with Gasteiger partial charge in [0.05, 0.1) is 16.8 Å². The summed E-state index contributed by atoms with van der Waals surface area (Å²) in [6.45, 7) is 0. The summed E-state index contributed by atoms with van der Waals surface area (Å²) >= 11 is 0. The van der Waals surface area contributed by atoms with Crippen LogP contribution in [0.2, 0.25) is 0 Å². The Morgan fingerprint density at radius 2 is 1.89 bits per heavy atom. The lowest BCUT2D eigenvalue weighted by Crippen LogP contribution is -2.26. The fourth-order valence-electron chi connectivity index (χ4n) is 3.34. The molecule has 1 aliphatic carbocycles. The first-order valence-corrected chi connectivity index (χ1v) is 9.33. The molecule has 0 atom stereocenters. The average molecular weight is 371 g/mol. The average Bonchev–Trinajstić information content (AvgIpc) is 3.44. The lowest BCUT2D eigenvalue weighted by Gasteiger charge is -2.05. The minimum Gasteiger partial charge on any atom is -0.349 e. The highest BCUT2D eigenvalue weighted by atomic mass is 19.1. The molecule has 1 saturated carbocycles. The summed E-state index contributed by atoms with van der Waals surface area (Å²) in [4.78, 5) is 12.3. The van der Waals surface area contributed by atoms with Crippen molar-refractivity contribution in [3.8, 4) is 0 Å². The number of nitrogens with zero attached hydrogens (tertiary/aromatic N) is 1. The number of halogens is 1. The summed E-state index contributed by atoms with van der Waals surface area (Å²) in [6.07, 6.45) is 5.76. The SMILES string of the molecule is O=C(NC1CC1)c1cc2c(C=Cc3ccc4ccccc4c3)n[nH]c2cc1F. The zero-order valence-corrected chi connectivity index (χ0v) is 15.1. The Morgan fingerprint density at radius 3 is 2.71 bits per heavy atom. The van der Waals surface area contributed by atoms with Crippen molar-refractivity contribution in [2.75, 3.05) is 0 Å². The second-order valence-electron chi connectivity index (χ2n) is 7.17. The maximum Gasteiger partial charge on any atom is 0.254 e. The largest absolute Gasteiger partial charge is 0.349 e. The highest BCUT2D eigenvalue weighted by Crippen LogP contribution is 2.25. The van der Waals surface area contributed by atoms with Crippen molar-refractivity contribution >= 4 is 39.7 Å². The van der Waals surface area contributed by atoms with Gasteiger partial charge in [-0.3, -0.25) is 9.89 Å². The second kappa shape index (κ2) is 6.60. The van der Waals surface area contributed by atoms with Gasteiger partial charge in [0.25, 0.3) is 5.91 Å². The van der Waals surface area contributed by atoms with Crippen LogP contribution in [-0.4, -0.2) is 22.1 Å². The van der Waals surface area contributed by atoms with Crippen molar-refractivity contribution in [2.45, 2.75) is 18.9 Å². The number of amides is 1. The maximum atomic E-state index is 14.3. The van der Waals surface area contributed by atoms with Gasteiger partial charge in [-0.05, 0) is 47.4 Å². The molecular formula is C23H18FN3O. The number of rotatable bonds is 4. The summed E-state index contributed by atoms with van der Waals surface area (Å²) in [5, 5.41) is 13.0. The molecule has 1 aliphatic rings. The molecule has 0 unspecified atom stereocenters. The van der Waals surface area contributed by atoms with Gasteiger partial charge >= 0.3 is 0 Å². The van der Waals surface area contributed by atoms with E-state index >= 15 is 0 Å². The van der Waals surface area contributed by atoms with Gasteiger partial charge < -0.3 is 5.32 Å². The molecule has 138 valence electrons. The standard InChI is InChI=1S/C23H18FN3O/c24-20-13-22-19(12-18(20)23(28)25-17-8-9-17)21(26-27-22)10-6-14-5-7-15-3-1-2-4-16(15)11-14/h1-7,10-13,17H,8-9H2,(H,25,28)(H,26,27). The van der Waals surface area contributed by atoms with E-state index in [4.69, 9.17) is 0 Å². The molecule has 1 amide bonds. The van der Waals surface area contributed by atoms with Gasteiger partial charge in [-0.15, -0.1) is 0 Å². The third-order valence-electron chi connectivity index (χ3n) is 5.04. The molecule has 4 nitrogen and oxygen atoms in total. The Balaban J connectivity index is 1.49. The van der Waals surface area contributed by atoms with Crippen molar-refractivity contribution in [2.24, 2.45) is 0 Å². The quantitative estimate of drug-likeness (QED) is 0.535. The number of aromatic amines is 1. The van der Waals surface area contributed by atoms with E-state index in [1.807, 2.05) is 30.4 Å². The molecule has 28 heavy (non-hydrogen) atoms. The maximum absolute atomic E-state index is 14.3. The summed E-state index contributed by atoms with van der Waals surface area (Å²) in [5.41, 5.74) is 2.34. The number of benzene rings is 3. The van der Waals surface area contributed by atoms with Crippen LogP contribution in [0, 0.1) is 5.82 Å². The number of carbonyl (C=O) groups is 1. The number of fused-ring (bicyclic) bond motifs is 2. The summed E-state index contributed by atoms with van der Waals surface area (Å²) in [5.74, 6) is -0.910. The van der Waals surface area contributed by atoms with Gasteiger partial charge in [0.15, 0.2) is 0 Å². The van der Waals surface area contributed by atoms with Crippen molar-refractivity contribution in [1.82, 2.24) is 15.5 Å². The molecule has 1 fully saturated rings. The summed E-state index contributed by atoms with van der Waals surface area (Å²) in [6, 6.07) is 17.5. The third-order valence-corrected chi connectivity index (χ3v) is 5.04. The zero-order chi connectivity index (χ0) is 19.1. The molecule has 0 saturated heterocycles. The molecule has 5 heteroatoms. The van der Waals surface area contributed by atoms with Crippen molar-refractivity contribution < 1.29 is 9.18 Å². The first kappa shape index (κ1) is 16.7. The number of carbonyl (C=O) groups excluding carboxylic acids is 1. The van der Waals surface area contributed by atoms with E-state index in [0.29, 0.717) is 11.2 Å². The molecule has 4 aromatic rings. The molecule has 0 aliphatic heterocycles. The fourth-order valence-corrected chi connectivity index (χ4v) is 3.34. The van der Waals surface area contributed by atoms with Crippen LogP contribution in [0.15, 0.2) is 54.6 Å². The van der Waals surface area contributed by atoms with Gasteiger partial charge in [0, 0.05) is 17.5 Å². The summed E-state index contributed by atoms with van der Waals surface area (Å²) < 4.78 is 14.3. The predicted molar refractivity (Wildman–Crippen MR) is 109 cm³/mol. The predicted octanol–water partition coefficient (Wildman–Crippen LogP) is 4.92. The number of H-pyrrole nitrogens is 1. The third kappa shape index (κ3) is 3.16. The Morgan fingerprint density at radius 1 is 1.07 bits per heavy atom. The highest BCUT2D eigenvalue weighted by Gasteiger charge is 2.25. The van der Waals surface area contributed by atoms with Crippen LogP contribution < -0.4 is 5.32 Å². The molecule has 0 spiro atoms. The number of nitrogens with one attached hydrogen (secondary N) is 2. The van der Waals surface area contributed by atoms with Gasteiger partial charge in [0.2, 0.25) is 0 Å². The van der Waals surface area contributed by atoms with Crippen LogP contribution in [0.3, 0.4) is 0 Å². The van der Waals surface area contributed by atoms with Crippen molar-refractivity contribution in [1.29, 1.82) is 0 Å². The number of hydrogen-bond acceptors (Lipinski definition) is 2. The highest BCUT2D eigenvalue weighted by molar-refractivity contribution is 6.00. The Kier molecular flexibility index (Phi) is 3.93. The number of aromatic nitrogens is 2. The van der Waals surface area contributed by atoms with Gasteiger partial charge in [-0.2, -0.15) is 5.10 Å². The van der Waals surface area contributed by atoms with Gasteiger partial charge in [-0.25, -0.2) is 4.39 Å². The van der Waals surface area contributed by atoms with Crippen LogP contribution >= 0.6 is 0 Å². The van der Waals surface area contributed by atoms with Crippen LogP contribution in [0.1, 0.15) is 34.5 Å². The molecule has 1 aromatic heterocycles. The topological polar surface area (TPSA) is 57.8 Å². The molecule has 1 heterocycles. The van der Waals surface area contributed by atoms with E-state index in [1.165, 1.54) is 11.5 Å². The van der Waals surface area contributed by atoms with Crippen molar-refractivity contribution in [3.63, 3.8) is 0 Å². The molecule has 3 aromatic carbocycles. The normalized spacial score (nSPS) is 14.2.